The van der Waals surface area contributed by atoms with Gasteiger partial charge in [0.1, 0.15) is 26.9 Å². The SMILES string of the molecule is Cc1cc([Si](C)(c2cc(C)c(CC(C)C)c(C)c2C=O)c2cc(C)c(CC(C)C)c(C)c2C=O)c(C=O)c(C)c1CC(C)C. The number of carbonyl (C=O) groups is 3. The summed E-state index contributed by atoms with van der Waals surface area (Å²) in [5.41, 5.74) is 12.3. The lowest BCUT2D eigenvalue weighted by Gasteiger charge is -2.36. The largest absolute Gasteiger partial charge is 0.298 e. The summed E-state index contributed by atoms with van der Waals surface area (Å²) in [5.74, 6) is 1.34. The first kappa shape index (κ1) is 35.4. The first-order chi connectivity index (χ1) is 20.5. The van der Waals surface area contributed by atoms with E-state index in [1.54, 1.807) is 0 Å². The van der Waals surface area contributed by atoms with Crippen LogP contribution in [0.1, 0.15) is 123 Å². The zero-order chi connectivity index (χ0) is 33.3. The molecule has 0 heterocycles. The van der Waals surface area contributed by atoms with Crippen molar-refractivity contribution >= 4 is 42.5 Å². The van der Waals surface area contributed by atoms with E-state index in [-0.39, 0.29) is 0 Å². The smallest absolute Gasteiger partial charge is 0.150 e. The van der Waals surface area contributed by atoms with E-state index in [4.69, 9.17) is 0 Å². The lowest BCUT2D eigenvalue weighted by Crippen LogP contribution is -2.68. The molecule has 3 rings (SSSR count). The molecule has 0 atom stereocenters. The summed E-state index contributed by atoms with van der Waals surface area (Å²) in [6.45, 7) is 28.1. The van der Waals surface area contributed by atoms with Crippen molar-refractivity contribution in [3.63, 3.8) is 0 Å². The van der Waals surface area contributed by atoms with Crippen LogP contribution in [-0.2, 0) is 19.3 Å². The maximum absolute atomic E-state index is 13.1. The van der Waals surface area contributed by atoms with Gasteiger partial charge in [0.05, 0.1) is 0 Å². The van der Waals surface area contributed by atoms with Gasteiger partial charge in [0.2, 0.25) is 0 Å². The Morgan fingerprint density at radius 2 is 0.727 bits per heavy atom. The van der Waals surface area contributed by atoms with Gasteiger partial charge in [-0.2, -0.15) is 0 Å². The molecule has 3 aromatic rings. The minimum Gasteiger partial charge on any atom is -0.298 e. The molecule has 0 radical (unpaired) electrons. The molecule has 4 heteroatoms. The third-order valence-electron chi connectivity index (χ3n) is 9.76. The maximum Gasteiger partial charge on any atom is 0.150 e. The van der Waals surface area contributed by atoms with Gasteiger partial charge in [-0.25, -0.2) is 0 Å². The van der Waals surface area contributed by atoms with Gasteiger partial charge in [-0.3, -0.25) is 14.4 Å². The molecule has 0 unspecified atom stereocenters. The summed E-state index contributed by atoms with van der Waals surface area (Å²) >= 11 is 0. The average molecular weight is 611 g/mol. The van der Waals surface area contributed by atoms with E-state index in [9.17, 15) is 14.4 Å². The van der Waals surface area contributed by atoms with Gasteiger partial charge >= 0.3 is 0 Å². The second kappa shape index (κ2) is 13.9. The van der Waals surface area contributed by atoms with Crippen molar-refractivity contribution in [1.82, 2.24) is 0 Å². The summed E-state index contributed by atoms with van der Waals surface area (Å²) in [7, 11) is -3.15. The zero-order valence-electron chi connectivity index (χ0n) is 29.5. The van der Waals surface area contributed by atoms with Crippen LogP contribution >= 0.6 is 0 Å². The van der Waals surface area contributed by atoms with Crippen molar-refractivity contribution in [1.29, 1.82) is 0 Å². The fourth-order valence-electron chi connectivity index (χ4n) is 7.42. The van der Waals surface area contributed by atoms with Crippen LogP contribution in [0.4, 0.5) is 0 Å². The molecule has 44 heavy (non-hydrogen) atoms. The maximum atomic E-state index is 13.1. The molecule has 0 aliphatic heterocycles. The minimum absolute atomic E-state index is 0.447. The van der Waals surface area contributed by atoms with Crippen LogP contribution in [0.15, 0.2) is 18.2 Å². The van der Waals surface area contributed by atoms with Gasteiger partial charge < -0.3 is 0 Å². The molecule has 0 bridgehead atoms. The molecule has 0 saturated heterocycles. The van der Waals surface area contributed by atoms with Gasteiger partial charge in [-0.1, -0.05) is 66.3 Å². The molecule has 0 N–H and O–H groups in total. The summed E-state index contributed by atoms with van der Waals surface area (Å²) in [6, 6.07) is 6.63. The monoisotopic (exact) mass is 610 g/mol. The second-order valence-corrected chi connectivity index (χ2v) is 18.4. The zero-order valence-corrected chi connectivity index (χ0v) is 30.5. The number of carbonyl (C=O) groups excluding carboxylic acids is 3. The average Bonchev–Trinajstić information content (AvgIpc) is 2.94. The highest BCUT2D eigenvalue weighted by Gasteiger charge is 2.42. The normalized spacial score (nSPS) is 12.0. The standard InChI is InChI=1S/C40H54O3Si/c1-23(2)14-32-26(7)17-38(35(20-41)29(32)10)44(13,39-18-27(8)33(15-24(3)4)30(11)36(39)21-42)40-19-28(9)34(16-25(5)6)31(12)37(40)22-43/h17-25H,14-16H2,1-13H3. The van der Waals surface area contributed by atoms with E-state index >= 15 is 0 Å². The second-order valence-electron chi connectivity index (χ2n) is 14.5. The van der Waals surface area contributed by atoms with Crippen molar-refractivity contribution < 1.29 is 14.4 Å². The van der Waals surface area contributed by atoms with E-state index in [1.165, 1.54) is 16.7 Å². The Labute approximate surface area is 267 Å². The summed E-state index contributed by atoms with van der Waals surface area (Å²) < 4.78 is 0. The van der Waals surface area contributed by atoms with Crippen molar-refractivity contribution in [3.8, 4) is 0 Å². The van der Waals surface area contributed by atoms with Crippen LogP contribution in [0.2, 0.25) is 6.55 Å². The molecule has 3 aromatic carbocycles. The molecule has 0 spiro atoms. The first-order valence-electron chi connectivity index (χ1n) is 16.3. The van der Waals surface area contributed by atoms with E-state index in [0.29, 0.717) is 34.4 Å². The highest BCUT2D eigenvalue weighted by molar-refractivity contribution is 7.12. The van der Waals surface area contributed by atoms with Crippen LogP contribution < -0.4 is 15.6 Å². The van der Waals surface area contributed by atoms with Crippen LogP contribution in [0.3, 0.4) is 0 Å². The third-order valence-corrected chi connectivity index (χ3v) is 14.2. The van der Waals surface area contributed by atoms with E-state index in [2.05, 4.69) is 108 Å². The molecule has 0 aliphatic rings. The summed E-state index contributed by atoms with van der Waals surface area (Å²) in [4.78, 5) is 39.4. The Hall–Kier alpha value is -3.11. The fourth-order valence-corrected chi connectivity index (χ4v) is 12.2. The molecule has 0 saturated carbocycles. The molecule has 0 aliphatic carbocycles. The predicted octanol–water partition coefficient (Wildman–Crippen LogP) is 7.67. The highest BCUT2D eigenvalue weighted by Crippen LogP contribution is 2.28. The number of aldehydes is 3. The van der Waals surface area contributed by atoms with Crippen molar-refractivity contribution in [2.75, 3.05) is 0 Å². The lowest BCUT2D eigenvalue weighted by atomic mass is 9.91. The van der Waals surface area contributed by atoms with Crippen molar-refractivity contribution in [2.24, 2.45) is 17.8 Å². The highest BCUT2D eigenvalue weighted by atomic mass is 28.3. The number of aryl methyl sites for hydroxylation is 3. The van der Waals surface area contributed by atoms with Crippen LogP contribution in [0, 0.1) is 59.3 Å². The van der Waals surface area contributed by atoms with Gasteiger partial charge in [0, 0.05) is 16.7 Å². The third kappa shape index (κ3) is 6.47. The van der Waals surface area contributed by atoms with E-state index < -0.39 is 8.07 Å². The molecule has 0 amide bonds. The van der Waals surface area contributed by atoms with Gasteiger partial charge in [0.25, 0.3) is 0 Å². The topological polar surface area (TPSA) is 51.2 Å². The van der Waals surface area contributed by atoms with Gasteiger partial charge in [-0.15, -0.1) is 0 Å². The fraction of sp³-hybridized carbons (Fsp3) is 0.475. The lowest BCUT2D eigenvalue weighted by molar-refractivity contribution is 0.111. The molecule has 3 nitrogen and oxygen atoms in total. The molecule has 0 aromatic heterocycles. The number of hydrogen-bond acceptors (Lipinski definition) is 3. The number of benzene rings is 3. The summed E-state index contributed by atoms with van der Waals surface area (Å²) in [6.07, 6.45) is 5.71. The van der Waals surface area contributed by atoms with Gasteiger partial charge in [-0.05, 0) is 144 Å². The molecule has 0 fully saturated rings. The quantitative estimate of drug-likeness (QED) is 0.120. The van der Waals surface area contributed by atoms with E-state index in [1.807, 2.05) is 0 Å². The Kier molecular flexibility index (Phi) is 11.2. The number of rotatable bonds is 12. The van der Waals surface area contributed by atoms with Crippen LogP contribution in [0.5, 0.6) is 0 Å². The van der Waals surface area contributed by atoms with E-state index in [0.717, 1.165) is 87.1 Å². The first-order valence-corrected chi connectivity index (χ1v) is 18.8. The van der Waals surface area contributed by atoms with Crippen LogP contribution in [-0.4, -0.2) is 26.9 Å². The van der Waals surface area contributed by atoms with Crippen molar-refractivity contribution in [2.45, 2.75) is 109 Å². The Morgan fingerprint density at radius 1 is 0.500 bits per heavy atom. The Morgan fingerprint density at radius 3 is 0.909 bits per heavy atom. The molecule has 236 valence electrons. The van der Waals surface area contributed by atoms with Gasteiger partial charge in [0.15, 0.2) is 0 Å². The Balaban J connectivity index is 2.66. The minimum atomic E-state index is -3.15. The number of hydrogen-bond donors (Lipinski definition) is 0. The molecular weight excluding hydrogens is 557 g/mol. The predicted molar refractivity (Wildman–Crippen MR) is 190 cm³/mol. The van der Waals surface area contributed by atoms with Crippen LogP contribution in [0.25, 0.3) is 0 Å². The van der Waals surface area contributed by atoms with Crippen molar-refractivity contribution in [3.05, 3.63) is 85.0 Å². The summed E-state index contributed by atoms with van der Waals surface area (Å²) in [5, 5.41) is 2.94. The molecular formula is C40H54O3Si. The Bertz CT molecular complexity index is 1400.